The molecule has 5 amide bonds. The number of ether oxygens (including phenoxy) is 1. The maximum atomic E-state index is 12.1. The van der Waals surface area contributed by atoms with Crippen LogP contribution < -0.4 is 10.6 Å². The zero-order valence-electron chi connectivity index (χ0n) is 13.8. The summed E-state index contributed by atoms with van der Waals surface area (Å²) in [5.74, 6) is -1.02. The van der Waals surface area contributed by atoms with Crippen LogP contribution in [-0.4, -0.2) is 73.6 Å². The monoisotopic (exact) mass is 328 g/mol. The summed E-state index contributed by atoms with van der Waals surface area (Å²) in [6, 6.07) is -1.37. The smallest absolute Gasteiger partial charge is 0.326 e. The van der Waals surface area contributed by atoms with Crippen molar-refractivity contribution in [2.24, 2.45) is 0 Å². The number of urea groups is 2. The molecular formula is C14H24N4O5. The number of hydrogen-bond acceptors (Lipinski definition) is 5. The standard InChI is InChI=1S/C14H24N4O5/c1-4-23-11(19)9-18-12(20)10(16-14(18)22)7-5-6-8-15-13(21)17(2)3/h10H,4-9H2,1-3H3,(H,15,21)(H,16,22)/t10-/m0/s1. The summed E-state index contributed by atoms with van der Waals surface area (Å²) < 4.78 is 4.73. The van der Waals surface area contributed by atoms with E-state index in [0.29, 0.717) is 25.8 Å². The highest BCUT2D eigenvalue weighted by Gasteiger charge is 2.38. The molecule has 2 N–H and O–H groups in total. The molecule has 0 aromatic rings. The Labute approximate surface area is 135 Å². The lowest BCUT2D eigenvalue weighted by molar-refractivity contribution is -0.146. The van der Waals surface area contributed by atoms with Crippen molar-refractivity contribution in [3.8, 4) is 0 Å². The fraction of sp³-hybridized carbons (Fsp3) is 0.714. The SMILES string of the molecule is CCOC(=O)CN1C(=O)N[C@@H](CCCCNC(=O)N(C)C)C1=O. The van der Waals surface area contributed by atoms with Crippen molar-refractivity contribution in [3.05, 3.63) is 0 Å². The van der Waals surface area contributed by atoms with Gasteiger partial charge in [-0.05, 0) is 26.2 Å². The van der Waals surface area contributed by atoms with Crippen molar-refractivity contribution in [1.82, 2.24) is 20.4 Å². The first kappa shape index (κ1) is 18.7. The van der Waals surface area contributed by atoms with Gasteiger partial charge in [0.05, 0.1) is 6.61 Å². The maximum absolute atomic E-state index is 12.1. The normalized spacial score (nSPS) is 17.0. The van der Waals surface area contributed by atoms with Crippen LogP contribution in [0.2, 0.25) is 0 Å². The Kier molecular flexibility index (Phi) is 7.30. The summed E-state index contributed by atoms with van der Waals surface area (Å²) in [6.45, 7) is 1.98. The van der Waals surface area contributed by atoms with Gasteiger partial charge < -0.3 is 20.3 Å². The quantitative estimate of drug-likeness (QED) is 0.368. The minimum absolute atomic E-state index is 0.171. The molecule has 0 aliphatic carbocycles. The summed E-state index contributed by atoms with van der Waals surface area (Å²) in [7, 11) is 3.31. The minimum atomic E-state index is -0.624. The third kappa shape index (κ3) is 5.76. The zero-order valence-corrected chi connectivity index (χ0v) is 13.8. The molecule has 1 aliphatic heterocycles. The molecule has 0 unspecified atom stereocenters. The summed E-state index contributed by atoms with van der Waals surface area (Å²) in [5, 5.41) is 5.27. The van der Waals surface area contributed by atoms with Crippen molar-refractivity contribution in [3.63, 3.8) is 0 Å². The van der Waals surface area contributed by atoms with Gasteiger partial charge in [-0.1, -0.05) is 0 Å². The van der Waals surface area contributed by atoms with Crippen LogP contribution in [-0.2, 0) is 14.3 Å². The molecule has 9 heteroatoms. The fourth-order valence-corrected chi connectivity index (χ4v) is 2.08. The molecule has 0 aromatic heterocycles. The third-order valence-electron chi connectivity index (χ3n) is 3.30. The van der Waals surface area contributed by atoms with Crippen molar-refractivity contribution in [2.75, 3.05) is 33.8 Å². The van der Waals surface area contributed by atoms with E-state index in [-0.39, 0.29) is 19.2 Å². The molecule has 1 rings (SSSR count). The van der Waals surface area contributed by atoms with E-state index in [1.807, 2.05) is 0 Å². The van der Waals surface area contributed by atoms with Gasteiger partial charge in [-0.2, -0.15) is 0 Å². The number of hydrogen-bond donors (Lipinski definition) is 2. The molecule has 23 heavy (non-hydrogen) atoms. The molecule has 1 aliphatic rings. The number of imide groups is 1. The lowest BCUT2D eigenvalue weighted by Gasteiger charge is -2.13. The molecule has 9 nitrogen and oxygen atoms in total. The minimum Gasteiger partial charge on any atom is -0.465 e. The summed E-state index contributed by atoms with van der Waals surface area (Å²) in [4.78, 5) is 48.8. The maximum Gasteiger partial charge on any atom is 0.326 e. The van der Waals surface area contributed by atoms with Gasteiger partial charge in [-0.15, -0.1) is 0 Å². The number of rotatable bonds is 8. The molecule has 1 saturated heterocycles. The number of nitrogens with one attached hydrogen (secondary N) is 2. The van der Waals surface area contributed by atoms with Gasteiger partial charge in [0, 0.05) is 20.6 Å². The highest BCUT2D eigenvalue weighted by atomic mass is 16.5. The van der Waals surface area contributed by atoms with Crippen molar-refractivity contribution < 1.29 is 23.9 Å². The highest BCUT2D eigenvalue weighted by molar-refractivity contribution is 6.06. The van der Waals surface area contributed by atoms with Crippen molar-refractivity contribution >= 4 is 23.9 Å². The zero-order chi connectivity index (χ0) is 17.4. The van der Waals surface area contributed by atoms with Gasteiger partial charge in [-0.25, -0.2) is 9.59 Å². The van der Waals surface area contributed by atoms with E-state index in [9.17, 15) is 19.2 Å². The van der Waals surface area contributed by atoms with E-state index in [1.54, 1.807) is 21.0 Å². The van der Waals surface area contributed by atoms with Crippen LogP contribution >= 0.6 is 0 Å². The molecule has 1 heterocycles. The van der Waals surface area contributed by atoms with Crippen LogP contribution in [0.1, 0.15) is 26.2 Å². The number of carbonyl (C=O) groups is 4. The topological polar surface area (TPSA) is 108 Å². The molecule has 0 spiro atoms. The average Bonchev–Trinajstić information content (AvgIpc) is 2.74. The lowest BCUT2D eigenvalue weighted by Crippen LogP contribution is -2.37. The van der Waals surface area contributed by atoms with E-state index >= 15 is 0 Å². The Bertz CT molecular complexity index is 466. The number of carbonyl (C=O) groups excluding carboxylic acids is 4. The molecule has 1 fully saturated rings. The first-order valence-electron chi connectivity index (χ1n) is 7.59. The van der Waals surface area contributed by atoms with Crippen LogP contribution in [0.25, 0.3) is 0 Å². The molecule has 0 saturated carbocycles. The van der Waals surface area contributed by atoms with E-state index in [4.69, 9.17) is 4.74 Å². The Morgan fingerprint density at radius 1 is 1.30 bits per heavy atom. The van der Waals surface area contributed by atoms with Crippen molar-refractivity contribution in [1.29, 1.82) is 0 Å². The second-order valence-corrected chi connectivity index (χ2v) is 5.35. The number of unbranched alkanes of at least 4 members (excludes halogenated alkanes) is 1. The van der Waals surface area contributed by atoms with Crippen molar-refractivity contribution in [2.45, 2.75) is 32.2 Å². The van der Waals surface area contributed by atoms with E-state index in [0.717, 1.165) is 4.90 Å². The molecule has 0 aromatic carbocycles. The van der Waals surface area contributed by atoms with Gasteiger partial charge in [0.15, 0.2) is 0 Å². The third-order valence-corrected chi connectivity index (χ3v) is 3.30. The number of nitrogens with zero attached hydrogens (tertiary/aromatic N) is 2. The highest BCUT2D eigenvalue weighted by Crippen LogP contribution is 2.12. The summed E-state index contributed by atoms with van der Waals surface area (Å²) >= 11 is 0. The van der Waals surface area contributed by atoms with E-state index in [2.05, 4.69) is 10.6 Å². The second-order valence-electron chi connectivity index (χ2n) is 5.35. The first-order valence-corrected chi connectivity index (χ1v) is 7.59. The van der Waals surface area contributed by atoms with Crippen LogP contribution in [0.15, 0.2) is 0 Å². The molecule has 0 bridgehead atoms. The molecule has 1 atom stereocenters. The predicted molar refractivity (Wildman–Crippen MR) is 81.6 cm³/mol. The van der Waals surface area contributed by atoms with Crippen LogP contribution in [0, 0.1) is 0 Å². The molecule has 0 radical (unpaired) electrons. The van der Waals surface area contributed by atoms with Crippen LogP contribution in [0.3, 0.4) is 0 Å². The Morgan fingerprint density at radius 2 is 2.00 bits per heavy atom. The van der Waals surface area contributed by atoms with Gasteiger partial charge in [0.2, 0.25) is 0 Å². The first-order chi connectivity index (χ1) is 10.9. The largest absolute Gasteiger partial charge is 0.465 e. The van der Waals surface area contributed by atoms with Gasteiger partial charge in [0.1, 0.15) is 12.6 Å². The summed E-state index contributed by atoms with van der Waals surface area (Å²) in [5.41, 5.74) is 0. The number of amides is 5. The van der Waals surface area contributed by atoms with E-state index in [1.165, 1.54) is 4.90 Å². The summed E-state index contributed by atoms with van der Waals surface area (Å²) in [6.07, 6.45) is 1.82. The Hall–Kier alpha value is -2.32. The van der Waals surface area contributed by atoms with Crippen LogP contribution in [0.5, 0.6) is 0 Å². The van der Waals surface area contributed by atoms with E-state index < -0.39 is 23.9 Å². The Balaban J connectivity index is 2.31. The molecular weight excluding hydrogens is 304 g/mol. The average molecular weight is 328 g/mol. The van der Waals surface area contributed by atoms with Crippen LogP contribution in [0.4, 0.5) is 9.59 Å². The fourth-order valence-electron chi connectivity index (χ4n) is 2.08. The Morgan fingerprint density at radius 3 is 2.61 bits per heavy atom. The number of esters is 1. The lowest BCUT2D eigenvalue weighted by atomic mass is 10.1. The second kappa shape index (κ2) is 8.96. The van der Waals surface area contributed by atoms with Gasteiger partial charge in [-0.3, -0.25) is 14.5 Å². The van der Waals surface area contributed by atoms with Gasteiger partial charge in [0.25, 0.3) is 5.91 Å². The van der Waals surface area contributed by atoms with Gasteiger partial charge >= 0.3 is 18.0 Å². The molecule has 130 valence electrons. The predicted octanol–water partition coefficient (Wildman–Crippen LogP) is -0.0886.